The molecule has 0 radical (unpaired) electrons. The fraction of sp³-hybridized carbons (Fsp3) is 0.808. The quantitative estimate of drug-likeness (QED) is 0.511. The largest absolute Gasteiger partial charge is 0.393 e. The van der Waals surface area contributed by atoms with Gasteiger partial charge >= 0.3 is 0 Å². The molecule has 31 heavy (non-hydrogen) atoms. The van der Waals surface area contributed by atoms with Gasteiger partial charge in [-0.3, -0.25) is 4.79 Å². The van der Waals surface area contributed by atoms with Crippen LogP contribution in [0.1, 0.15) is 85.5 Å². The second kappa shape index (κ2) is 9.46. The predicted octanol–water partition coefficient (Wildman–Crippen LogP) is 3.69. The Morgan fingerprint density at radius 1 is 1.19 bits per heavy atom. The zero-order valence-corrected chi connectivity index (χ0v) is 19.7. The first-order valence-electron chi connectivity index (χ1n) is 12.1. The number of fused-ring (bicyclic) bond motifs is 1. The Morgan fingerprint density at radius 2 is 1.84 bits per heavy atom. The summed E-state index contributed by atoms with van der Waals surface area (Å²) in [6, 6.07) is 0. The molecular weight excluding hydrogens is 392 g/mol. The number of Topliss-reactive ketones (excluding diaryl/α,β-unsaturated/α-hetero) is 1. The van der Waals surface area contributed by atoms with Gasteiger partial charge in [-0.15, -0.1) is 0 Å². The van der Waals surface area contributed by atoms with Crippen molar-refractivity contribution < 1.29 is 25.2 Å². The fourth-order valence-electron chi connectivity index (χ4n) is 6.78. The van der Waals surface area contributed by atoms with Crippen molar-refractivity contribution in [3.8, 4) is 0 Å². The second-order valence-electron chi connectivity index (χ2n) is 11.3. The Labute approximate surface area is 187 Å². The van der Waals surface area contributed by atoms with Crippen LogP contribution in [0.4, 0.5) is 0 Å². The summed E-state index contributed by atoms with van der Waals surface area (Å²) < 4.78 is 0. The normalized spacial score (nSPS) is 37.4. The first kappa shape index (κ1) is 24.6. The number of aliphatic hydroxyl groups is 4. The van der Waals surface area contributed by atoms with E-state index in [1.54, 1.807) is 0 Å². The van der Waals surface area contributed by atoms with Gasteiger partial charge in [-0.1, -0.05) is 37.1 Å². The lowest BCUT2D eigenvalue weighted by atomic mass is 9.60. The van der Waals surface area contributed by atoms with Gasteiger partial charge in [0.15, 0.2) is 5.78 Å². The summed E-state index contributed by atoms with van der Waals surface area (Å²) in [6.07, 6.45) is 10.2. The lowest BCUT2D eigenvalue weighted by Crippen LogP contribution is -2.42. The summed E-state index contributed by atoms with van der Waals surface area (Å²) in [6.45, 7) is 7.40. The zero-order valence-electron chi connectivity index (χ0n) is 19.7. The van der Waals surface area contributed by atoms with Gasteiger partial charge in [0.05, 0.1) is 12.2 Å². The van der Waals surface area contributed by atoms with E-state index in [2.05, 4.69) is 26.0 Å². The minimum absolute atomic E-state index is 0.158. The molecule has 0 saturated heterocycles. The Kier molecular flexibility index (Phi) is 7.52. The SMILES string of the molecule is C[C@H](C[C@@H](O)C(=O)C(C)(C)O)[C@H]1CC[C@H]2/C(=C/C=C3C[C@@H](O)C[C@H](O)C3)CCC[C@]12C. The third-order valence-corrected chi connectivity index (χ3v) is 8.30. The minimum atomic E-state index is -1.50. The lowest BCUT2D eigenvalue weighted by molar-refractivity contribution is -0.144. The third-order valence-electron chi connectivity index (χ3n) is 8.30. The summed E-state index contributed by atoms with van der Waals surface area (Å²) in [5, 5.41) is 40.3. The topological polar surface area (TPSA) is 98.0 Å². The molecule has 0 aromatic heterocycles. The predicted molar refractivity (Wildman–Crippen MR) is 121 cm³/mol. The van der Waals surface area contributed by atoms with Gasteiger partial charge < -0.3 is 20.4 Å². The first-order valence-corrected chi connectivity index (χ1v) is 12.1. The summed E-state index contributed by atoms with van der Waals surface area (Å²) in [5.74, 6) is 0.659. The van der Waals surface area contributed by atoms with Gasteiger partial charge in [-0.25, -0.2) is 0 Å². The number of hydrogen-bond acceptors (Lipinski definition) is 5. The van der Waals surface area contributed by atoms with Crippen LogP contribution in [0.25, 0.3) is 0 Å². The maximum Gasteiger partial charge on any atom is 0.192 e. The molecule has 4 N–H and O–H groups in total. The van der Waals surface area contributed by atoms with E-state index in [4.69, 9.17) is 0 Å². The summed E-state index contributed by atoms with van der Waals surface area (Å²) in [4.78, 5) is 12.3. The van der Waals surface area contributed by atoms with Crippen LogP contribution in [0.3, 0.4) is 0 Å². The molecule has 0 spiro atoms. The number of ketones is 1. The Bertz CT molecular complexity index is 706. The number of allylic oxidation sites excluding steroid dienone is 3. The highest BCUT2D eigenvalue weighted by molar-refractivity contribution is 5.89. The molecule has 5 heteroatoms. The van der Waals surface area contributed by atoms with E-state index in [1.807, 2.05) is 0 Å². The molecule has 3 rings (SSSR count). The van der Waals surface area contributed by atoms with Crippen molar-refractivity contribution in [2.75, 3.05) is 0 Å². The molecule has 3 fully saturated rings. The highest BCUT2D eigenvalue weighted by Crippen LogP contribution is 2.59. The summed E-state index contributed by atoms with van der Waals surface area (Å²) in [5.41, 5.74) is 1.25. The van der Waals surface area contributed by atoms with Crippen LogP contribution in [-0.2, 0) is 4.79 Å². The summed E-state index contributed by atoms with van der Waals surface area (Å²) in [7, 11) is 0. The molecule has 0 bridgehead atoms. The molecule has 3 saturated carbocycles. The molecule has 0 aromatic rings. The van der Waals surface area contributed by atoms with E-state index in [-0.39, 0.29) is 11.3 Å². The van der Waals surface area contributed by atoms with Crippen LogP contribution in [0.2, 0.25) is 0 Å². The molecule has 0 aromatic carbocycles. The van der Waals surface area contributed by atoms with Gasteiger partial charge in [0.2, 0.25) is 0 Å². The number of aliphatic hydroxyl groups excluding tert-OH is 3. The maximum atomic E-state index is 12.3. The van der Waals surface area contributed by atoms with Crippen LogP contribution in [0.5, 0.6) is 0 Å². The molecule has 0 amide bonds. The van der Waals surface area contributed by atoms with Crippen molar-refractivity contribution in [1.82, 2.24) is 0 Å². The van der Waals surface area contributed by atoms with Gasteiger partial charge in [0, 0.05) is 0 Å². The monoisotopic (exact) mass is 434 g/mol. The molecule has 176 valence electrons. The van der Waals surface area contributed by atoms with Crippen molar-refractivity contribution in [3.63, 3.8) is 0 Å². The van der Waals surface area contributed by atoms with Gasteiger partial charge in [0.1, 0.15) is 11.7 Å². The van der Waals surface area contributed by atoms with E-state index in [0.29, 0.717) is 37.5 Å². The molecular formula is C26H42O5. The minimum Gasteiger partial charge on any atom is -0.393 e. The fourth-order valence-corrected chi connectivity index (χ4v) is 6.78. The van der Waals surface area contributed by atoms with E-state index < -0.39 is 29.7 Å². The van der Waals surface area contributed by atoms with Gasteiger partial charge in [-0.05, 0) is 94.8 Å². The van der Waals surface area contributed by atoms with Crippen LogP contribution in [0.15, 0.2) is 23.3 Å². The van der Waals surface area contributed by atoms with Crippen molar-refractivity contribution in [1.29, 1.82) is 0 Å². The zero-order chi connectivity index (χ0) is 23.0. The molecule has 3 aliphatic carbocycles. The standard InChI is InChI=1S/C26H42O5/c1-16(12-23(29)24(30)25(2,3)31)21-9-10-22-18(6-5-11-26(21,22)4)8-7-17-13-19(27)15-20(28)14-17/h7-8,16,19-23,27-29,31H,5-6,9-15H2,1-4H3/b18-8+/t16-,19-,20-,21-,22+,23-,26-/m1/s1. The van der Waals surface area contributed by atoms with Crippen LogP contribution in [0, 0.1) is 23.2 Å². The van der Waals surface area contributed by atoms with Crippen molar-refractivity contribution in [2.45, 2.75) is 109 Å². The molecule has 0 aliphatic heterocycles. The van der Waals surface area contributed by atoms with Gasteiger partial charge in [-0.2, -0.15) is 0 Å². The third kappa shape index (κ3) is 5.50. The highest BCUT2D eigenvalue weighted by Gasteiger charge is 2.51. The average Bonchev–Trinajstić information content (AvgIpc) is 3.01. The van der Waals surface area contributed by atoms with Crippen molar-refractivity contribution in [2.24, 2.45) is 23.2 Å². The summed E-state index contributed by atoms with van der Waals surface area (Å²) >= 11 is 0. The van der Waals surface area contributed by atoms with Crippen molar-refractivity contribution in [3.05, 3.63) is 23.3 Å². The molecule has 0 heterocycles. The Morgan fingerprint density at radius 3 is 2.45 bits per heavy atom. The smallest absolute Gasteiger partial charge is 0.192 e. The average molecular weight is 435 g/mol. The van der Waals surface area contributed by atoms with E-state index in [1.165, 1.54) is 19.4 Å². The van der Waals surface area contributed by atoms with Crippen molar-refractivity contribution >= 4 is 5.78 Å². The molecule has 3 aliphatic rings. The Balaban J connectivity index is 1.71. The van der Waals surface area contributed by atoms with Crippen LogP contribution >= 0.6 is 0 Å². The number of carbonyl (C=O) groups excluding carboxylic acids is 1. The van der Waals surface area contributed by atoms with Crippen LogP contribution < -0.4 is 0 Å². The number of rotatable bonds is 6. The highest BCUT2D eigenvalue weighted by atomic mass is 16.3. The number of hydrogen-bond donors (Lipinski definition) is 4. The maximum absolute atomic E-state index is 12.3. The van der Waals surface area contributed by atoms with E-state index in [0.717, 1.165) is 37.7 Å². The molecule has 7 atom stereocenters. The molecule has 0 unspecified atom stereocenters. The first-order chi connectivity index (χ1) is 14.4. The number of carbonyl (C=O) groups is 1. The van der Waals surface area contributed by atoms with E-state index in [9.17, 15) is 25.2 Å². The lowest BCUT2D eigenvalue weighted by Gasteiger charge is -2.44. The van der Waals surface area contributed by atoms with Crippen LogP contribution in [-0.4, -0.2) is 50.1 Å². The molecule has 5 nitrogen and oxygen atoms in total. The van der Waals surface area contributed by atoms with E-state index >= 15 is 0 Å². The second-order valence-corrected chi connectivity index (χ2v) is 11.3. The Hall–Kier alpha value is -1.01. The van der Waals surface area contributed by atoms with Gasteiger partial charge in [0.25, 0.3) is 0 Å².